The van der Waals surface area contributed by atoms with Gasteiger partial charge in [-0.15, -0.1) is 11.3 Å². The van der Waals surface area contributed by atoms with E-state index in [2.05, 4.69) is 54.2 Å². The maximum absolute atomic E-state index is 4.12. The van der Waals surface area contributed by atoms with Crippen LogP contribution >= 0.6 is 24.0 Å². The monoisotopic (exact) mass is 227 g/mol. The molecule has 78 valence electrons. The Balaban J connectivity index is 2.15. The second-order valence-corrected chi connectivity index (χ2v) is 4.64. The Morgan fingerprint density at radius 2 is 2.36 bits per heavy atom. The lowest BCUT2D eigenvalue weighted by molar-refractivity contribution is 0.376. The third-order valence-corrected chi connectivity index (χ3v) is 3.16. The zero-order valence-corrected chi connectivity index (χ0v) is 10.2. The molecule has 0 saturated carbocycles. The van der Waals surface area contributed by atoms with E-state index in [-0.39, 0.29) is 0 Å². The molecule has 0 unspecified atom stereocenters. The molecule has 0 saturated heterocycles. The maximum atomic E-state index is 4.12. The van der Waals surface area contributed by atoms with E-state index in [9.17, 15) is 0 Å². The summed E-state index contributed by atoms with van der Waals surface area (Å²) in [6, 6.07) is 4.31. The number of hydrogen-bond donors (Lipinski definition) is 1. The second kappa shape index (κ2) is 7.10. The minimum atomic E-state index is 0.832. The average molecular weight is 227 g/mol. The Kier molecular flexibility index (Phi) is 5.99. The van der Waals surface area contributed by atoms with Gasteiger partial charge < -0.3 is 4.90 Å². The van der Waals surface area contributed by atoms with Crippen LogP contribution in [0.25, 0.3) is 0 Å². The standard InChI is InChI=1S/C11H17NS2/c1-12(7-2-3-9-13)8-6-11-5-4-10-14-11/h2-5,10,13H,6-9H2,1H3. The zero-order chi connectivity index (χ0) is 10.2. The van der Waals surface area contributed by atoms with Crippen LogP contribution in [0.2, 0.25) is 0 Å². The van der Waals surface area contributed by atoms with Crippen LogP contribution in [0, 0.1) is 0 Å². The van der Waals surface area contributed by atoms with Gasteiger partial charge in [0, 0.05) is 23.7 Å². The first-order valence-electron chi connectivity index (χ1n) is 4.79. The molecule has 0 aliphatic rings. The van der Waals surface area contributed by atoms with E-state index < -0.39 is 0 Å². The van der Waals surface area contributed by atoms with Crippen molar-refractivity contribution in [1.82, 2.24) is 4.90 Å². The normalized spacial score (nSPS) is 11.6. The van der Waals surface area contributed by atoms with Gasteiger partial charge in [-0.3, -0.25) is 0 Å². The highest BCUT2D eigenvalue weighted by molar-refractivity contribution is 7.80. The van der Waals surface area contributed by atoms with E-state index in [1.54, 1.807) is 0 Å². The van der Waals surface area contributed by atoms with Crippen LogP contribution in [0.4, 0.5) is 0 Å². The number of thiophene rings is 1. The van der Waals surface area contributed by atoms with Crippen molar-refractivity contribution in [2.75, 3.05) is 25.9 Å². The minimum Gasteiger partial charge on any atom is -0.302 e. The van der Waals surface area contributed by atoms with Gasteiger partial charge >= 0.3 is 0 Å². The van der Waals surface area contributed by atoms with E-state index >= 15 is 0 Å². The quantitative estimate of drug-likeness (QED) is 0.578. The highest BCUT2D eigenvalue weighted by Gasteiger charge is 1.97. The minimum absolute atomic E-state index is 0.832. The summed E-state index contributed by atoms with van der Waals surface area (Å²) in [5.74, 6) is 0.832. The molecule has 0 N–H and O–H groups in total. The van der Waals surface area contributed by atoms with Gasteiger partial charge in [0.2, 0.25) is 0 Å². The van der Waals surface area contributed by atoms with Gasteiger partial charge in [-0.2, -0.15) is 12.6 Å². The topological polar surface area (TPSA) is 3.24 Å². The lowest BCUT2D eigenvalue weighted by Crippen LogP contribution is -2.20. The number of thiol groups is 1. The molecule has 0 fully saturated rings. The van der Waals surface area contributed by atoms with Crippen LogP contribution in [0.3, 0.4) is 0 Å². The molecule has 1 aromatic rings. The molecule has 1 heterocycles. The molecule has 0 amide bonds. The van der Waals surface area contributed by atoms with Gasteiger partial charge in [0.15, 0.2) is 0 Å². The van der Waals surface area contributed by atoms with Gasteiger partial charge in [-0.1, -0.05) is 18.2 Å². The summed E-state index contributed by atoms with van der Waals surface area (Å²) in [6.07, 6.45) is 5.41. The third-order valence-electron chi connectivity index (χ3n) is 2.01. The van der Waals surface area contributed by atoms with Gasteiger partial charge in [0.25, 0.3) is 0 Å². The van der Waals surface area contributed by atoms with Crippen molar-refractivity contribution in [3.63, 3.8) is 0 Å². The van der Waals surface area contributed by atoms with Gasteiger partial charge in [0.05, 0.1) is 0 Å². The fraction of sp³-hybridized carbons (Fsp3) is 0.455. The SMILES string of the molecule is CN(CC=CCS)CCc1cccs1. The van der Waals surface area contributed by atoms with E-state index in [0.717, 1.165) is 25.3 Å². The number of hydrogen-bond acceptors (Lipinski definition) is 3. The van der Waals surface area contributed by atoms with Crippen molar-refractivity contribution in [3.8, 4) is 0 Å². The van der Waals surface area contributed by atoms with E-state index in [4.69, 9.17) is 0 Å². The summed E-state index contributed by atoms with van der Waals surface area (Å²) >= 11 is 5.96. The van der Waals surface area contributed by atoms with Crippen molar-refractivity contribution < 1.29 is 0 Å². The second-order valence-electron chi connectivity index (χ2n) is 3.25. The molecule has 0 aliphatic heterocycles. The summed E-state index contributed by atoms with van der Waals surface area (Å²) in [5, 5.41) is 2.14. The molecular weight excluding hydrogens is 210 g/mol. The molecule has 0 atom stereocenters. The molecular formula is C11H17NS2. The smallest absolute Gasteiger partial charge is 0.0160 e. The summed E-state index contributed by atoms with van der Waals surface area (Å²) in [6.45, 7) is 2.14. The molecule has 1 aromatic heterocycles. The number of likely N-dealkylation sites (N-methyl/N-ethyl adjacent to an activating group) is 1. The summed E-state index contributed by atoms with van der Waals surface area (Å²) < 4.78 is 0. The Bertz CT molecular complexity index is 254. The molecule has 3 heteroatoms. The molecule has 0 bridgehead atoms. The highest BCUT2D eigenvalue weighted by Crippen LogP contribution is 2.09. The van der Waals surface area contributed by atoms with Crippen LogP contribution in [-0.4, -0.2) is 30.8 Å². The highest BCUT2D eigenvalue weighted by atomic mass is 32.1. The molecule has 0 aliphatic carbocycles. The Morgan fingerprint density at radius 1 is 1.50 bits per heavy atom. The molecule has 1 nitrogen and oxygen atoms in total. The first-order valence-corrected chi connectivity index (χ1v) is 6.31. The lowest BCUT2D eigenvalue weighted by Gasteiger charge is -2.12. The largest absolute Gasteiger partial charge is 0.302 e. The van der Waals surface area contributed by atoms with Gasteiger partial charge in [0.1, 0.15) is 0 Å². The van der Waals surface area contributed by atoms with E-state index in [1.165, 1.54) is 4.88 Å². The molecule has 14 heavy (non-hydrogen) atoms. The van der Waals surface area contributed by atoms with Crippen molar-refractivity contribution in [3.05, 3.63) is 34.5 Å². The zero-order valence-electron chi connectivity index (χ0n) is 8.52. The van der Waals surface area contributed by atoms with Crippen LogP contribution < -0.4 is 0 Å². The Labute approximate surface area is 95.9 Å². The number of nitrogens with zero attached hydrogens (tertiary/aromatic N) is 1. The van der Waals surface area contributed by atoms with Crippen LogP contribution in [0.15, 0.2) is 29.7 Å². The maximum Gasteiger partial charge on any atom is 0.0160 e. The van der Waals surface area contributed by atoms with Crippen LogP contribution in [-0.2, 0) is 6.42 Å². The van der Waals surface area contributed by atoms with Crippen molar-refractivity contribution in [2.24, 2.45) is 0 Å². The fourth-order valence-electron chi connectivity index (χ4n) is 1.18. The third kappa shape index (κ3) is 4.84. The fourth-order valence-corrected chi connectivity index (χ4v) is 2.02. The van der Waals surface area contributed by atoms with Crippen molar-refractivity contribution in [1.29, 1.82) is 0 Å². The van der Waals surface area contributed by atoms with Gasteiger partial charge in [-0.05, 0) is 24.9 Å². The first kappa shape index (κ1) is 11.8. The molecule has 1 rings (SSSR count). The van der Waals surface area contributed by atoms with Crippen LogP contribution in [0.5, 0.6) is 0 Å². The van der Waals surface area contributed by atoms with Crippen LogP contribution in [0.1, 0.15) is 4.88 Å². The number of rotatable bonds is 6. The Morgan fingerprint density at radius 3 is 3.00 bits per heavy atom. The average Bonchev–Trinajstić information content (AvgIpc) is 2.68. The van der Waals surface area contributed by atoms with Gasteiger partial charge in [-0.25, -0.2) is 0 Å². The predicted octanol–water partition coefficient (Wildman–Crippen LogP) is 2.71. The molecule has 0 spiro atoms. The lowest BCUT2D eigenvalue weighted by atomic mass is 10.3. The van der Waals surface area contributed by atoms with E-state index in [1.807, 2.05) is 11.3 Å². The first-order chi connectivity index (χ1) is 6.83. The molecule has 0 radical (unpaired) electrons. The summed E-state index contributed by atoms with van der Waals surface area (Å²) in [7, 11) is 2.15. The molecule has 0 aromatic carbocycles. The van der Waals surface area contributed by atoms with Crippen molar-refractivity contribution in [2.45, 2.75) is 6.42 Å². The predicted molar refractivity (Wildman–Crippen MR) is 68.5 cm³/mol. The summed E-state index contributed by atoms with van der Waals surface area (Å²) in [4.78, 5) is 3.79. The summed E-state index contributed by atoms with van der Waals surface area (Å²) in [5.41, 5.74) is 0. The van der Waals surface area contributed by atoms with Crippen molar-refractivity contribution >= 4 is 24.0 Å². The Hall–Kier alpha value is -0.250. The van der Waals surface area contributed by atoms with E-state index in [0.29, 0.717) is 0 Å².